The van der Waals surface area contributed by atoms with Gasteiger partial charge in [-0.25, -0.2) is 9.78 Å². The van der Waals surface area contributed by atoms with E-state index in [0.717, 1.165) is 24.8 Å². The van der Waals surface area contributed by atoms with Crippen molar-refractivity contribution in [2.24, 2.45) is 0 Å². The van der Waals surface area contributed by atoms with E-state index in [4.69, 9.17) is 9.15 Å². The lowest BCUT2D eigenvalue weighted by Crippen LogP contribution is -2.35. The molecule has 0 bridgehead atoms. The van der Waals surface area contributed by atoms with E-state index in [0.29, 0.717) is 11.5 Å². The Kier molecular flexibility index (Phi) is 5.76. The molecule has 0 saturated heterocycles. The number of carbonyl (C=O) groups is 1. The van der Waals surface area contributed by atoms with Crippen LogP contribution in [0.25, 0.3) is 11.3 Å². The summed E-state index contributed by atoms with van der Waals surface area (Å²) in [5.41, 5.74) is 4.08. The van der Waals surface area contributed by atoms with Gasteiger partial charge in [0.2, 0.25) is 0 Å². The van der Waals surface area contributed by atoms with E-state index in [1.54, 1.807) is 11.9 Å². The van der Waals surface area contributed by atoms with Crippen molar-refractivity contribution < 1.29 is 13.9 Å². The molecule has 2 aromatic rings. The second-order valence-corrected chi connectivity index (χ2v) is 6.86. The fourth-order valence-electron chi connectivity index (χ4n) is 3.47. The molecule has 0 spiro atoms. The van der Waals surface area contributed by atoms with E-state index in [1.807, 2.05) is 12.1 Å². The number of nitrogens with zero attached hydrogens (tertiary/aromatic N) is 2. The Morgan fingerprint density at radius 1 is 1.42 bits per heavy atom. The molecule has 5 heteroatoms. The highest BCUT2D eigenvalue weighted by molar-refractivity contribution is 5.68. The molecule has 1 aliphatic rings. The molecule has 1 amide bonds. The molecule has 3 rings (SSSR count). The van der Waals surface area contributed by atoms with E-state index >= 15 is 0 Å². The molecule has 1 heterocycles. The first-order valence-electron chi connectivity index (χ1n) is 9.13. The predicted molar refractivity (Wildman–Crippen MR) is 101 cm³/mol. The Balaban J connectivity index is 1.69. The molecular formula is C21H26N2O3. The third kappa shape index (κ3) is 3.98. The van der Waals surface area contributed by atoms with Crippen LogP contribution in [-0.4, -0.2) is 29.1 Å². The summed E-state index contributed by atoms with van der Waals surface area (Å²) < 4.78 is 10.9. The van der Waals surface area contributed by atoms with E-state index < -0.39 is 0 Å². The van der Waals surface area contributed by atoms with E-state index in [9.17, 15) is 4.79 Å². The summed E-state index contributed by atoms with van der Waals surface area (Å²) in [5.74, 6) is 0.562. The molecule has 1 saturated carbocycles. The Morgan fingerprint density at radius 3 is 2.92 bits per heavy atom. The van der Waals surface area contributed by atoms with Gasteiger partial charge in [0.25, 0.3) is 0 Å². The van der Waals surface area contributed by atoms with Crippen LogP contribution in [0.15, 0.2) is 41.7 Å². The first-order chi connectivity index (χ1) is 12.6. The van der Waals surface area contributed by atoms with Crippen LogP contribution in [0.2, 0.25) is 0 Å². The lowest BCUT2D eigenvalue weighted by molar-refractivity contribution is 0.0860. The van der Waals surface area contributed by atoms with Crippen LogP contribution in [0, 0.1) is 6.92 Å². The lowest BCUT2D eigenvalue weighted by Gasteiger charge is -2.23. The maximum atomic E-state index is 12.3. The molecule has 0 atom stereocenters. The van der Waals surface area contributed by atoms with Crippen molar-refractivity contribution in [2.45, 2.75) is 51.7 Å². The SMILES string of the molecule is C=CCc1cc(-c2ncoc2COC(=O)N(C)C2CCCC2)ccc1C. The zero-order valence-electron chi connectivity index (χ0n) is 15.5. The zero-order valence-corrected chi connectivity index (χ0v) is 15.5. The standard InChI is InChI=1S/C21H26N2O3/c1-4-7-16-12-17(11-10-15(16)2)20-19(26-14-22-20)13-25-21(24)23(3)18-8-5-6-9-18/h4,10-12,14,18H,1,5-9,13H2,2-3H3. The number of hydrogen-bond donors (Lipinski definition) is 0. The van der Waals surface area contributed by atoms with Crippen molar-refractivity contribution in [1.82, 2.24) is 9.88 Å². The van der Waals surface area contributed by atoms with Gasteiger partial charge in [0, 0.05) is 18.7 Å². The van der Waals surface area contributed by atoms with Crippen LogP contribution in [0.1, 0.15) is 42.6 Å². The molecule has 1 aliphatic carbocycles. The van der Waals surface area contributed by atoms with Crippen molar-refractivity contribution in [2.75, 3.05) is 7.05 Å². The average Bonchev–Trinajstić information content (AvgIpc) is 3.33. The minimum Gasteiger partial charge on any atom is -0.444 e. The quantitative estimate of drug-likeness (QED) is 0.693. The Bertz CT molecular complexity index is 775. The van der Waals surface area contributed by atoms with Crippen LogP contribution in [0.5, 0.6) is 0 Å². The molecule has 1 aromatic heterocycles. The van der Waals surface area contributed by atoms with Gasteiger partial charge in [-0.3, -0.25) is 0 Å². The second-order valence-electron chi connectivity index (χ2n) is 6.86. The minimum atomic E-state index is -0.310. The molecule has 138 valence electrons. The van der Waals surface area contributed by atoms with Gasteiger partial charge in [-0.2, -0.15) is 0 Å². The number of aromatic nitrogens is 1. The molecule has 26 heavy (non-hydrogen) atoms. The maximum Gasteiger partial charge on any atom is 0.410 e. The molecule has 1 aromatic carbocycles. The van der Waals surface area contributed by atoms with Gasteiger partial charge in [0.15, 0.2) is 18.8 Å². The highest BCUT2D eigenvalue weighted by Gasteiger charge is 2.25. The Labute approximate surface area is 154 Å². The third-order valence-electron chi connectivity index (χ3n) is 5.11. The third-order valence-corrected chi connectivity index (χ3v) is 5.11. The summed E-state index contributed by atoms with van der Waals surface area (Å²) in [6.07, 6.45) is 8.22. The molecule has 0 aliphatic heterocycles. The van der Waals surface area contributed by atoms with Gasteiger partial charge in [0.05, 0.1) is 0 Å². The summed E-state index contributed by atoms with van der Waals surface area (Å²) >= 11 is 0. The second kappa shape index (κ2) is 8.21. The molecule has 0 radical (unpaired) electrons. The summed E-state index contributed by atoms with van der Waals surface area (Å²) in [4.78, 5) is 18.3. The molecule has 0 unspecified atom stereocenters. The highest BCUT2D eigenvalue weighted by atomic mass is 16.6. The number of carbonyl (C=O) groups excluding carboxylic acids is 1. The van der Waals surface area contributed by atoms with Crippen molar-refractivity contribution in [1.29, 1.82) is 0 Å². The number of benzene rings is 1. The number of rotatable bonds is 6. The van der Waals surface area contributed by atoms with Crippen molar-refractivity contribution in [3.63, 3.8) is 0 Å². The van der Waals surface area contributed by atoms with Crippen molar-refractivity contribution >= 4 is 6.09 Å². The highest BCUT2D eigenvalue weighted by Crippen LogP contribution is 2.27. The Morgan fingerprint density at radius 2 is 2.19 bits per heavy atom. The van der Waals surface area contributed by atoms with Gasteiger partial charge >= 0.3 is 6.09 Å². The Hall–Kier alpha value is -2.56. The van der Waals surface area contributed by atoms with E-state index in [1.165, 1.54) is 30.4 Å². The maximum absolute atomic E-state index is 12.3. The van der Waals surface area contributed by atoms with Gasteiger partial charge in [-0.05, 0) is 43.4 Å². The fraction of sp³-hybridized carbons (Fsp3) is 0.429. The minimum absolute atomic E-state index is 0.0793. The zero-order chi connectivity index (χ0) is 18.5. The summed E-state index contributed by atoms with van der Waals surface area (Å²) in [6, 6.07) is 6.45. The smallest absolute Gasteiger partial charge is 0.410 e. The first-order valence-corrected chi connectivity index (χ1v) is 9.13. The number of ether oxygens (including phenoxy) is 1. The van der Waals surface area contributed by atoms with Gasteiger partial charge in [0.1, 0.15) is 5.69 Å². The first kappa shape index (κ1) is 18.2. The summed E-state index contributed by atoms with van der Waals surface area (Å²) in [6.45, 7) is 5.96. The summed E-state index contributed by atoms with van der Waals surface area (Å²) in [5, 5.41) is 0. The number of aryl methyl sites for hydroxylation is 1. The van der Waals surface area contributed by atoms with Crippen molar-refractivity contribution in [3.05, 3.63) is 54.1 Å². The molecule has 5 nitrogen and oxygen atoms in total. The molecular weight excluding hydrogens is 328 g/mol. The molecule has 1 fully saturated rings. The van der Waals surface area contributed by atoms with E-state index in [2.05, 4.69) is 30.6 Å². The van der Waals surface area contributed by atoms with Gasteiger partial charge in [-0.1, -0.05) is 31.1 Å². The normalized spacial score (nSPS) is 14.4. The number of amides is 1. The molecule has 0 N–H and O–H groups in total. The lowest BCUT2D eigenvalue weighted by atomic mass is 10.0. The monoisotopic (exact) mass is 354 g/mol. The largest absolute Gasteiger partial charge is 0.444 e. The van der Waals surface area contributed by atoms with E-state index in [-0.39, 0.29) is 18.7 Å². The van der Waals surface area contributed by atoms with Crippen LogP contribution in [0.4, 0.5) is 4.79 Å². The number of allylic oxidation sites excluding steroid dienone is 1. The number of oxazole rings is 1. The summed E-state index contributed by atoms with van der Waals surface area (Å²) in [7, 11) is 1.81. The fourth-order valence-corrected chi connectivity index (χ4v) is 3.47. The average molecular weight is 354 g/mol. The van der Waals surface area contributed by atoms with Gasteiger partial charge in [-0.15, -0.1) is 6.58 Å². The topological polar surface area (TPSA) is 55.6 Å². The van der Waals surface area contributed by atoms with Crippen molar-refractivity contribution in [3.8, 4) is 11.3 Å². The predicted octanol–water partition coefficient (Wildman–Crippen LogP) is 4.89. The number of hydrogen-bond acceptors (Lipinski definition) is 4. The van der Waals surface area contributed by atoms with Crippen LogP contribution in [-0.2, 0) is 17.8 Å². The van der Waals surface area contributed by atoms with Gasteiger partial charge < -0.3 is 14.1 Å². The van der Waals surface area contributed by atoms with Crippen LogP contribution < -0.4 is 0 Å². The van der Waals surface area contributed by atoms with Crippen LogP contribution >= 0.6 is 0 Å². The van der Waals surface area contributed by atoms with Crippen LogP contribution in [0.3, 0.4) is 0 Å².